The highest BCUT2D eigenvalue weighted by atomic mass is 16.5. The lowest BCUT2D eigenvalue weighted by Crippen LogP contribution is -2.44. The van der Waals surface area contributed by atoms with Crippen LogP contribution in [0.15, 0.2) is 24.4 Å². The number of fused-ring (bicyclic) bond motifs is 1. The zero-order valence-corrected chi connectivity index (χ0v) is 14.4. The predicted molar refractivity (Wildman–Crippen MR) is 94.1 cm³/mol. The monoisotopic (exact) mass is 343 g/mol. The van der Waals surface area contributed by atoms with Crippen LogP contribution in [0, 0.1) is 0 Å². The van der Waals surface area contributed by atoms with E-state index in [-0.39, 0.29) is 5.97 Å². The van der Waals surface area contributed by atoms with Crippen molar-refractivity contribution in [1.29, 1.82) is 0 Å². The van der Waals surface area contributed by atoms with Crippen LogP contribution in [0.25, 0.3) is 10.9 Å². The van der Waals surface area contributed by atoms with Gasteiger partial charge < -0.3 is 19.7 Å². The fraction of sp³-hybridized carbons (Fsp3) is 0.389. The fourth-order valence-corrected chi connectivity index (χ4v) is 3.01. The molecule has 1 aromatic carbocycles. The minimum atomic E-state index is -0.415. The van der Waals surface area contributed by atoms with Crippen LogP contribution < -0.4 is 10.2 Å². The number of hydrogen-bond donors (Lipinski definition) is 1. The van der Waals surface area contributed by atoms with E-state index in [1.807, 2.05) is 6.07 Å². The Morgan fingerprint density at radius 3 is 2.68 bits per heavy atom. The number of methoxy groups -OCH3 is 1. The summed E-state index contributed by atoms with van der Waals surface area (Å²) in [5.41, 5.74) is 2.32. The first kappa shape index (κ1) is 17.2. The summed E-state index contributed by atoms with van der Waals surface area (Å²) in [5.74, 6) is -0.802. The average Bonchev–Trinajstić information content (AvgIpc) is 2.66. The maximum Gasteiger partial charge on any atom is 0.341 e. The summed E-state index contributed by atoms with van der Waals surface area (Å²) < 4.78 is 9.96. The number of ether oxygens (including phenoxy) is 2. The van der Waals surface area contributed by atoms with E-state index >= 15 is 0 Å². The van der Waals surface area contributed by atoms with Gasteiger partial charge in [0, 0.05) is 37.8 Å². The molecule has 1 fully saturated rings. The SMILES string of the molecule is CCOC(=O)c1cnc2cc(C(=O)OC)ccc2c1N1CCNCC1. The van der Waals surface area contributed by atoms with Gasteiger partial charge in [0.05, 0.1) is 30.5 Å². The number of hydrogen-bond acceptors (Lipinski definition) is 7. The van der Waals surface area contributed by atoms with E-state index in [2.05, 4.69) is 15.2 Å². The second-order valence-electron chi connectivity index (χ2n) is 5.70. The van der Waals surface area contributed by atoms with E-state index in [0.29, 0.717) is 23.3 Å². The Bertz CT molecular complexity index is 800. The fourth-order valence-electron chi connectivity index (χ4n) is 3.01. The van der Waals surface area contributed by atoms with E-state index in [0.717, 1.165) is 37.3 Å². The van der Waals surface area contributed by atoms with Gasteiger partial charge in [-0.2, -0.15) is 0 Å². The smallest absolute Gasteiger partial charge is 0.341 e. The topological polar surface area (TPSA) is 80.8 Å². The third kappa shape index (κ3) is 3.41. The van der Waals surface area contributed by atoms with E-state index < -0.39 is 5.97 Å². The van der Waals surface area contributed by atoms with Crippen molar-refractivity contribution in [3.8, 4) is 0 Å². The van der Waals surface area contributed by atoms with Gasteiger partial charge >= 0.3 is 11.9 Å². The molecule has 1 aromatic heterocycles. The lowest BCUT2D eigenvalue weighted by Gasteiger charge is -2.31. The number of carbonyl (C=O) groups is 2. The molecule has 2 heterocycles. The minimum Gasteiger partial charge on any atom is -0.465 e. The van der Waals surface area contributed by atoms with Crippen LogP contribution in [0.1, 0.15) is 27.6 Å². The van der Waals surface area contributed by atoms with Crippen molar-refractivity contribution < 1.29 is 19.1 Å². The molecular formula is C18H21N3O4. The first-order valence-corrected chi connectivity index (χ1v) is 8.29. The molecule has 0 unspecified atom stereocenters. The van der Waals surface area contributed by atoms with Crippen LogP contribution in [-0.2, 0) is 9.47 Å². The highest BCUT2D eigenvalue weighted by Gasteiger charge is 2.23. The van der Waals surface area contributed by atoms with Crippen LogP contribution in [-0.4, -0.2) is 56.8 Å². The summed E-state index contributed by atoms with van der Waals surface area (Å²) in [6.07, 6.45) is 1.53. The number of piperazine rings is 1. The number of rotatable bonds is 4. The largest absolute Gasteiger partial charge is 0.465 e. The second kappa shape index (κ2) is 7.48. The number of nitrogens with zero attached hydrogens (tertiary/aromatic N) is 2. The summed E-state index contributed by atoms with van der Waals surface area (Å²) in [7, 11) is 1.34. The van der Waals surface area contributed by atoms with Gasteiger partial charge in [-0.1, -0.05) is 0 Å². The van der Waals surface area contributed by atoms with Gasteiger partial charge in [-0.25, -0.2) is 9.59 Å². The minimum absolute atomic E-state index is 0.305. The molecule has 2 aromatic rings. The van der Waals surface area contributed by atoms with Crippen LogP contribution in [0.5, 0.6) is 0 Å². The molecule has 25 heavy (non-hydrogen) atoms. The zero-order valence-electron chi connectivity index (χ0n) is 14.4. The highest BCUT2D eigenvalue weighted by molar-refractivity contribution is 6.06. The highest BCUT2D eigenvalue weighted by Crippen LogP contribution is 2.31. The number of aromatic nitrogens is 1. The van der Waals surface area contributed by atoms with Crippen molar-refractivity contribution in [2.75, 3.05) is 44.8 Å². The Morgan fingerprint density at radius 1 is 1.24 bits per heavy atom. The van der Waals surface area contributed by atoms with Gasteiger partial charge in [0.1, 0.15) is 5.56 Å². The predicted octanol–water partition coefficient (Wildman–Crippen LogP) is 1.61. The average molecular weight is 343 g/mol. The Kier molecular flexibility index (Phi) is 5.14. The lowest BCUT2D eigenvalue weighted by molar-refractivity contribution is 0.0525. The summed E-state index contributed by atoms with van der Waals surface area (Å²) in [6.45, 7) is 5.33. The van der Waals surface area contributed by atoms with E-state index in [1.165, 1.54) is 13.3 Å². The molecule has 0 spiro atoms. The number of carbonyl (C=O) groups excluding carboxylic acids is 2. The Morgan fingerprint density at radius 2 is 2.00 bits per heavy atom. The van der Waals surface area contributed by atoms with Crippen LogP contribution >= 0.6 is 0 Å². The standard InChI is InChI=1S/C18H21N3O4/c1-3-25-18(23)14-11-20-15-10-12(17(22)24-2)4-5-13(15)16(14)21-8-6-19-7-9-21/h4-5,10-11,19H,3,6-9H2,1-2H3. The third-order valence-corrected chi connectivity index (χ3v) is 4.19. The number of pyridine rings is 1. The van der Waals surface area contributed by atoms with Gasteiger partial charge in [-0.15, -0.1) is 0 Å². The number of benzene rings is 1. The molecule has 0 amide bonds. The van der Waals surface area contributed by atoms with Crippen molar-refractivity contribution in [3.63, 3.8) is 0 Å². The van der Waals surface area contributed by atoms with Crippen LogP contribution in [0.4, 0.5) is 5.69 Å². The molecule has 0 saturated carbocycles. The van der Waals surface area contributed by atoms with Crippen molar-refractivity contribution in [3.05, 3.63) is 35.5 Å². The van der Waals surface area contributed by atoms with Gasteiger partial charge in [0.15, 0.2) is 0 Å². The van der Waals surface area contributed by atoms with E-state index in [1.54, 1.807) is 19.1 Å². The molecule has 1 saturated heterocycles. The van der Waals surface area contributed by atoms with Crippen molar-refractivity contribution >= 4 is 28.5 Å². The summed E-state index contributed by atoms with van der Waals surface area (Å²) in [6, 6.07) is 5.19. The maximum atomic E-state index is 12.4. The number of anilines is 1. The van der Waals surface area contributed by atoms with Gasteiger partial charge in [0.2, 0.25) is 0 Å². The molecular weight excluding hydrogens is 322 g/mol. The van der Waals surface area contributed by atoms with Crippen LogP contribution in [0.3, 0.4) is 0 Å². The number of esters is 2. The summed E-state index contributed by atoms with van der Waals surface area (Å²) >= 11 is 0. The first-order valence-electron chi connectivity index (χ1n) is 8.29. The molecule has 0 aliphatic carbocycles. The van der Waals surface area contributed by atoms with E-state index in [9.17, 15) is 9.59 Å². The first-order chi connectivity index (χ1) is 12.2. The molecule has 1 N–H and O–H groups in total. The van der Waals surface area contributed by atoms with Crippen molar-refractivity contribution in [2.24, 2.45) is 0 Å². The zero-order chi connectivity index (χ0) is 17.8. The molecule has 3 rings (SSSR count). The lowest BCUT2D eigenvalue weighted by atomic mass is 10.0. The molecule has 7 heteroatoms. The third-order valence-electron chi connectivity index (χ3n) is 4.19. The molecule has 0 atom stereocenters. The van der Waals surface area contributed by atoms with Gasteiger partial charge in [-0.3, -0.25) is 4.98 Å². The molecule has 1 aliphatic heterocycles. The molecule has 0 bridgehead atoms. The molecule has 132 valence electrons. The van der Waals surface area contributed by atoms with Crippen molar-refractivity contribution in [1.82, 2.24) is 10.3 Å². The molecule has 0 radical (unpaired) electrons. The normalized spacial score (nSPS) is 14.4. The summed E-state index contributed by atoms with van der Waals surface area (Å²) in [4.78, 5) is 30.7. The van der Waals surface area contributed by atoms with Gasteiger partial charge in [-0.05, 0) is 25.1 Å². The van der Waals surface area contributed by atoms with Gasteiger partial charge in [0.25, 0.3) is 0 Å². The Balaban J connectivity index is 2.15. The quantitative estimate of drug-likeness (QED) is 0.845. The van der Waals surface area contributed by atoms with Crippen LogP contribution in [0.2, 0.25) is 0 Å². The molecule has 1 aliphatic rings. The number of nitrogens with one attached hydrogen (secondary N) is 1. The van der Waals surface area contributed by atoms with E-state index in [4.69, 9.17) is 9.47 Å². The maximum absolute atomic E-state index is 12.4. The Hall–Kier alpha value is -2.67. The Labute approximate surface area is 145 Å². The summed E-state index contributed by atoms with van der Waals surface area (Å²) in [5, 5.41) is 4.12. The second-order valence-corrected chi connectivity index (χ2v) is 5.70. The van der Waals surface area contributed by atoms with Crippen molar-refractivity contribution in [2.45, 2.75) is 6.92 Å². The molecule has 7 nitrogen and oxygen atoms in total.